The monoisotopic (exact) mass is 295 g/mol. The summed E-state index contributed by atoms with van der Waals surface area (Å²) in [5.41, 5.74) is 1.76. The van der Waals surface area contributed by atoms with Crippen molar-refractivity contribution in [3.05, 3.63) is 28.8 Å². The molecule has 0 bridgehead atoms. The van der Waals surface area contributed by atoms with Gasteiger partial charge in [-0.05, 0) is 30.5 Å². The van der Waals surface area contributed by atoms with Crippen LogP contribution in [0, 0.1) is 0 Å². The van der Waals surface area contributed by atoms with E-state index in [-0.39, 0.29) is 12.0 Å². The molecule has 5 nitrogen and oxygen atoms in total. The molecule has 2 unspecified atom stereocenters. The van der Waals surface area contributed by atoms with Crippen molar-refractivity contribution >= 4 is 29.2 Å². The number of nitrogens with zero attached hydrogens (tertiary/aromatic N) is 1. The van der Waals surface area contributed by atoms with E-state index in [0.717, 1.165) is 11.3 Å². The molecule has 0 saturated carbocycles. The topological polar surface area (TPSA) is 66.8 Å². The number of hydrogen-bond acceptors (Lipinski definition) is 3. The van der Waals surface area contributed by atoms with Crippen molar-refractivity contribution in [1.82, 2.24) is 0 Å². The molecule has 2 aliphatic rings. The summed E-state index contributed by atoms with van der Waals surface area (Å²) in [5, 5.41) is 9.50. The molecular weight excluding hydrogens is 282 g/mol. The van der Waals surface area contributed by atoms with Gasteiger partial charge in [0.2, 0.25) is 5.91 Å². The van der Waals surface area contributed by atoms with Crippen molar-refractivity contribution in [1.29, 1.82) is 0 Å². The summed E-state index contributed by atoms with van der Waals surface area (Å²) in [4.78, 5) is 24.6. The van der Waals surface area contributed by atoms with Gasteiger partial charge in [0.1, 0.15) is 0 Å². The Labute approximate surface area is 121 Å². The highest BCUT2D eigenvalue weighted by molar-refractivity contribution is 6.31. The molecule has 3 rings (SSSR count). The van der Waals surface area contributed by atoms with Gasteiger partial charge in [0.25, 0.3) is 0 Å². The van der Waals surface area contributed by atoms with Crippen LogP contribution in [0.2, 0.25) is 5.02 Å². The molecule has 1 N–H and O–H groups in total. The molecule has 1 fully saturated rings. The first kappa shape index (κ1) is 13.4. The third kappa shape index (κ3) is 2.39. The van der Waals surface area contributed by atoms with Crippen LogP contribution >= 0.6 is 11.6 Å². The highest BCUT2D eigenvalue weighted by atomic mass is 35.5. The van der Waals surface area contributed by atoms with Gasteiger partial charge < -0.3 is 14.7 Å². The average molecular weight is 296 g/mol. The molecule has 2 heterocycles. The van der Waals surface area contributed by atoms with E-state index in [0.29, 0.717) is 30.8 Å². The molecule has 0 radical (unpaired) electrons. The summed E-state index contributed by atoms with van der Waals surface area (Å²) >= 11 is 5.97. The molecule has 20 heavy (non-hydrogen) atoms. The van der Waals surface area contributed by atoms with Crippen LogP contribution in [0.4, 0.5) is 5.69 Å². The van der Waals surface area contributed by atoms with Crippen molar-refractivity contribution in [3.8, 4) is 0 Å². The van der Waals surface area contributed by atoms with Crippen LogP contribution in [0.5, 0.6) is 0 Å². The van der Waals surface area contributed by atoms with Gasteiger partial charge in [-0.2, -0.15) is 0 Å². The van der Waals surface area contributed by atoms with E-state index in [2.05, 4.69) is 0 Å². The lowest BCUT2D eigenvalue weighted by Gasteiger charge is -2.21. The summed E-state index contributed by atoms with van der Waals surface area (Å²) in [5.74, 6) is -0.937. The molecule has 106 valence electrons. The summed E-state index contributed by atoms with van der Waals surface area (Å²) in [6, 6.07) is 5.39. The van der Waals surface area contributed by atoms with Gasteiger partial charge in [0.05, 0.1) is 19.1 Å². The number of hydrogen-bond donors (Lipinski definition) is 1. The van der Waals surface area contributed by atoms with Gasteiger partial charge in [0.15, 0.2) is 6.10 Å². The molecule has 6 heteroatoms. The minimum atomic E-state index is -0.941. The lowest BCUT2D eigenvalue weighted by atomic mass is 10.1. The molecule has 0 aromatic heterocycles. The van der Waals surface area contributed by atoms with Crippen molar-refractivity contribution in [3.63, 3.8) is 0 Å². The second kappa shape index (κ2) is 5.07. The largest absolute Gasteiger partial charge is 0.479 e. The lowest BCUT2D eigenvalue weighted by molar-refractivity contribution is -0.149. The molecule has 1 aromatic rings. The number of aliphatic carboxylic acids is 1. The zero-order chi connectivity index (χ0) is 14.3. The van der Waals surface area contributed by atoms with E-state index in [9.17, 15) is 9.59 Å². The van der Waals surface area contributed by atoms with E-state index in [1.165, 1.54) is 0 Å². The van der Waals surface area contributed by atoms with Gasteiger partial charge >= 0.3 is 5.97 Å². The van der Waals surface area contributed by atoms with E-state index in [1.54, 1.807) is 17.0 Å². The van der Waals surface area contributed by atoms with E-state index >= 15 is 0 Å². The molecule has 2 aliphatic heterocycles. The van der Waals surface area contributed by atoms with Gasteiger partial charge in [0, 0.05) is 10.7 Å². The number of anilines is 1. The molecular formula is C14H14ClNO4. The number of carboxylic acids is 1. The summed E-state index contributed by atoms with van der Waals surface area (Å²) in [7, 11) is 0. The fourth-order valence-electron chi connectivity index (χ4n) is 2.76. The van der Waals surface area contributed by atoms with Crippen LogP contribution < -0.4 is 4.90 Å². The molecule has 0 spiro atoms. The van der Waals surface area contributed by atoms with Crippen molar-refractivity contribution < 1.29 is 19.4 Å². The normalized spacial score (nSPS) is 25.1. The maximum atomic E-state index is 12.1. The maximum Gasteiger partial charge on any atom is 0.332 e. The van der Waals surface area contributed by atoms with Crippen molar-refractivity contribution in [2.24, 2.45) is 0 Å². The van der Waals surface area contributed by atoms with Crippen molar-refractivity contribution in [2.75, 3.05) is 11.4 Å². The van der Waals surface area contributed by atoms with Crippen LogP contribution in [-0.2, 0) is 20.7 Å². The standard InChI is InChI=1S/C14H14ClNO4/c15-9-2-1-8-5-13(17)16(11(8)6-9)7-10-3-4-12(20-10)14(18)19/h1-2,6,10,12H,3-5,7H2,(H,18,19). The van der Waals surface area contributed by atoms with Crippen LogP contribution in [0.25, 0.3) is 0 Å². The Kier molecular flexibility index (Phi) is 3.40. The molecule has 1 saturated heterocycles. The summed E-state index contributed by atoms with van der Waals surface area (Å²) in [6.07, 6.45) is 0.518. The van der Waals surface area contributed by atoms with Crippen LogP contribution in [0.15, 0.2) is 18.2 Å². The maximum absolute atomic E-state index is 12.1. The Balaban J connectivity index is 1.74. The fraction of sp³-hybridized carbons (Fsp3) is 0.429. The number of carbonyl (C=O) groups excluding carboxylic acids is 1. The second-order valence-electron chi connectivity index (χ2n) is 5.12. The van der Waals surface area contributed by atoms with Gasteiger partial charge in [-0.25, -0.2) is 4.79 Å². The Bertz CT molecular complexity index is 574. The van der Waals surface area contributed by atoms with Gasteiger partial charge in [-0.1, -0.05) is 17.7 Å². The highest BCUT2D eigenvalue weighted by Gasteiger charge is 2.35. The predicted octanol–water partition coefficient (Wildman–Crippen LogP) is 1.86. The molecule has 1 aromatic carbocycles. The number of benzene rings is 1. The van der Waals surface area contributed by atoms with E-state index in [4.69, 9.17) is 21.4 Å². The number of fused-ring (bicyclic) bond motifs is 1. The smallest absolute Gasteiger partial charge is 0.332 e. The van der Waals surface area contributed by atoms with Gasteiger partial charge in [-0.15, -0.1) is 0 Å². The Morgan fingerprint density at radius 3 is 2.95 bits per heavy atom. The minimum absolute atomic E-state index is 0.00430. The lowest BCUT2D eigenvalue weighted by Crippen LogP contribution is -2.35. The third-order valence-corrected chi connectivity index (χ3v) is 3.99. The number of carboxylic acid groups (broad SMARTS) is 1. The quantitative estimate of drug-likeness (QED) is 0.924. The third-order valence-electron chi connectivity index (χ3n) is 3.75. The Hall–Kier alpha value is -1.59. The highest BCUT2D eigenvalue weighted by Crippen LogP contribution is 2.33. The number of carbonyl (C=O) groups is 2. The molecule has 0 aliphatic carbocycles. The first-order valence-corrected chi connectivity index (χ1v) is 6.89. The van der Waals surface area contributed by atoms with E-state index in [1.807, 2.05) is 6.07 Å². The Morgan fingerprint density at radius 2 is 2.25 bits per heavy atom. The van der Waals surface area contributed by atoms with Crippen LogP contribution in [0.1, 0.15) is 18.4 Å². The second-order valence-corrected chi connectivity index (χ2v) is 5.55. The summed E-state index contributed by atoms with van der Waals surface area (Å²) in [6.45, 7) is 0.385. The first-order chi connectivity index (χ1) is 9.54. The van der Waals surface area contributed by atoms with Gasteiger partial charge in [-0.3, -0.25) is 4.79 Å². The zero-order valence-electron chi connectivity index (χ0n) is 10.7. The number of ether oxygens (including phenoxy) is 1. The molecule has 2 atom stereocenters. The number of halogens is 1. The zero-order valence-corrected chi connectivity index (χ0v) is 11.5. The first-order valence-electron chi connectivity index (χ1n) is 6.51. The summed E-state index contributed by atoms with van der Waals surface area (Å²) < 4.78 is 5.45. The van der Waals surface area contributed by atoms with Crippen molar-refractivity contribution in [2.45, 2.75) is 31.5 Å². The fourth-order valence-corrected chi connectivity index (χ4v) is 2.92. The number of amides is 1. The molecule has 1 amide bonds. The van der Waals surface area contributed by atoms with Crippen LogP contribution in [0.3, 0.4) is 0 Å². The minimum Gasteiger partial charge on any atom is -0.479 e. The van der Waals surface area contributed by atoms with Crippen LogP contribution in [-0.4, -0.2) is 35.7 Å². The SMILES string of the molecule is O=C(O)C1CCC(CN2C(=O)Cc3ccc(Cl)cc32)O1. The average Bonchev–Trinajstić information content (AvgIpc) is 2.97. The number of rotatable bonds is 3. The predicted molar refractivity (Wildman–Crippen MR) is 73.0 cm³/mol. The Morgan fingerprint density at radius 1 is 1.45 bits per heavy atom. The van der Waals surface area contributed by atoms with E-state index < -0.39 is 12.1 Å².